The second-order valence-electron chi connectivity index (χ2n) is 10.2. The molecular formula is C37H23N5S. The summed E-state index contributed by atoms with van der Waals surface area (Å²) in [5, 5.41) is 3.37. The van der Waals surface area contributed by atoms with E-state index in [1.54, 1.807) is 11.3 Å². The van der Waals surface area contributed by atoms with Crippen LogP contribution in [0.15, 0.2) is 140 Å². The van der Waals surface area contributed by atoms with Crippen LogP contribution in [-0.4, -0.2) is 24.9 Å². The van der Waals surface area contributed by atoms with Gasteiger partial charge in [-0.15, -0.1) is 11.3 Å². The molecule has 202 valence electrons. The monoisotopic (exact) mass is 569 g/mol. The minimum atomic E-state index is 0.537. The number of hydrogen-bond donors (Lipinski definition) is 0. The summed E-state index contributed by atoms with van der Waals surface area (Å²) in [4.78, 5) is 24.5. The summed E-state index contributed by atoms with van der Waals surface area (Å²) in [5.74, 6) is 1.77. The second kappa shape index (κ2) is 10.7. The van der Waals surface area contributed by atoms with E-state index in [0.29, 0.717) is 23.2 Å². The molecule has 0 N–H and O–H groups in total. The summed E-state index contributed by atoms with van der Waals surface area (Å²) in [6.45, 7) is 0. The fourth-order valence-corrected chi connectivity index (χ4v) is 6.33. The molecule has 5 nitrogen and oxygen atoms in total. The summed E-state index contributed by atoms with van der Waals surface area (Å²) in [7, 11) is 0. The van der Waals surface area contributed by atoms with Crippen molar-refractivity contribution in [2.24, 2.45) is 0 Å². The Hall–Kier alpha value is -5.59. The van der Waals surface area contributed by atoms with Gasteiger partial charge in [0.15, 0.2) is 17.5 Å². The lowest BCUT2D eigenvalue weighted by Crippen LogP contribution is -2.01. The largest absolute Gasteiger partial charge is 0.244 e. The topological polar surface area (TPSA) is 64.5 Å². The molecule has 0 amide bonds. The fourth-order valence-electron chi connectivity index (χ4n) is 5.22. The van der Waals surface area contributed by atoms with Gasteiger partial charge < -0.3 is 0 Å². The Labute approximate surface area is 252 Å². The quantitative estimate of drug-likeness (QED) is 0.207. The van der Waals surface area contributed by atoms with Crippen LogP contribution in [0.1, 0.15) is 0 Å². The maximum Gasteiger partial charge on any atom is 0.182 e. The minimum absolute atomic E-state index is 0.537. The summed E-state index contributed by atoms with van der Waals surface area (Å²) in [6, 6.07) is 47.1. The van der Waals surface area contributed by atoms with Crippen molar-refractivity contribution in [1.82, 2.24) is 24.9 Å². The van der Waals surface area contributed by atoms with Gasteiger partial charge in [0.1, 0.15) is 10.7 Å². The van der Waals surface area contributed by atoms with Gasteiger partial charge in [0, 0.05) is 27.6 Å². The van der Waals surface area contributed by atoms with Crippen molar-refractivity contribution in [3.05, 3.63) is 140 Å². The van der Waals surface area contributed by atoms with Crippen molar-refractivity contribution >= 4 is 32.3 Å². The van der Waals surface area contributed by atoms with Gasteiger partial charge in [0.05, 0.1) is 15.9 Å². The van der Waals surface area contributed by atoms with Crippen LogP contribution in [0, 0.1) is 0 Å². The molecule has 0 spiro atoms. The van der Waals surface area contributed by atoms with E-state index < -0.39 is 0 Å². The Morgan fingerprint density at radius 3 is 1.67 bits per heavy atom. The molecule has 0 unspecified atom stereocenters. The molecule has 0 saturated carbocycles. The van der Waals surface area contributed by atoms with Gasteiger partial charge in [-0.25, -0.2) is 24.9 Å². The van der Waals surface area contributed by atoms with E-state index in [1.165, 1.54) is 10.1 Å². The van der Waals surface area contributed by atoms with Crippen LogP contribution in [0.5, 0.6) is 0 Å². The standard InChI is InChI=1S/C37H23N5S/c1-4-11-24(12-5-1)34-40-35(25-13-6-2-7-14-25)42-36(41-34)32-18-10-17-30(38-32)28-19-21-29-27(23-28)20-22-31-33(29)43-37(39-31)26-15-8-3-9-16-26/h1-23H. The van der Waals surface area contributed by atoms with Crippen molar-refractivity contribution in [2.45, 2.75) is 0 Å². The fraction of sp³-hybridized carbons (Fsp3) is 0. The SMILES string of the molecule is c1ccc(-c2nc(-c3ccccc3)nc(-c3cccc(-c4ccc5c(ccc6nc(-c7ccccc7)sc65)c4)n3)n2)cc1. The third-order valence-corrected chi connectivity index (χ3v) is 8.52. The lowest BCUT2D eigenvalue weighted by atomic mass is 10.0. The van der Waals surface area contributed by atoms with Crippen molar-refractivity contribution in [3.8, 4) is 56.1 Å². The highest BCUT2D eigenvalue weighted by molar-refractivity contribution is 7.22. The van der Waals surface area contributed by atoms with Crippen LogP contribution in [0.2, 0.25) is 0 Å². The zero-order valence-corrected chi connectivity index (χ0v) is 23.7. The van der Waals surface area contributed by atoms with Gasteiger partial charge in [-0.1, -0.05) is 115 Å². The average Bonchev–Trinajstić information content (AvgIpc) is 3.54. The third kappa shape index (κ3) is 4.84. The Kier molecular flexibility index (Phi) is 6.24. The smallest absolute Gasteiger partial charge is 0.182 e. The zero-order valence-electron chi connectivity index (χ0n) is 22.9. The number of fused-ring (bicyclic) bond motifs is 3. The number of rotatable bonds is 5. The van der Waals surface area contributed by atoms with E-state index in [0.717, 1.165) is 43.9 Å². The highest BCUT2D eigenvalue weighted by Gasteiger charge is 2.15. The van der Waals surface area contributed by atoms with Crippen LogP contribution in [0.25, 0.3) is 77.1 Å². The molecule has 0 radical (unpaired) electrons. The van der Waals surface area contributed by atoms with Gasteiger partial charge in [-0.05, 0) is 29.7 Å². The van der Waals surface area contributed by atoms with Crippen molar-refractivity contribution < 1.29 is 0 Å². The number of aromatic nitrogens is 5. The van der Waals surface area contributed by atoms with Gasteiger partial charge in [0.2, 0.25) is 0 Å². The third-order valence-electron chi connectivity index (χ3n) is 7.36. The van der Waals surface area contributed by atoms with Crippen LogP contribution in [0.3, 0.4) is 0 Å². The van der Waals surface area contributed by atoms with Gasteiger partial charge in [-0.3, -0.25) is 0 Å². The molecule has 0 atom stereocenters. The first-order valence-corrected chi connectivity index (χ1v) is 14.8. The molecule has 0 aliphatic rings. The van der Waals surface area contributed by atoms with Gasteiger partial charge >= 0.3 is 0 Å². The number of thiazole rings is 1. The Bertz CT molecular complexity index is 2170. The molecule has 0 bridgehead atoms. The summed E-state index contributed by atoms with van der Waals surface area (Å²) in [5.41, 5.74) is 6.59. The Morgan fingerprint density at radius 1 is 0.395 bits per heavy atom. The number of hydrogen-bond acceptors (Lipinski definition) is 6. The van der Waals surface area contributed by atoms with Crippen LogP contribution in [0.4, 0.5) is 0 Å². The van der Waals surface area contributed by atoms with E-state index in [2.05, 4.69) is 54.6 Å². The van der Waals surface area contributed by atoms with E-state index in [4.69, 9.17) is 24.9 Å². The van der Waals surface area contributed by atoms with E-state index in [-0.39, 0.29) is 0 Å². The molecule has 8 aromatic rings. The number of pyridine rings is 1. The van der Waals surface area contributed by atoms with Crippen molar-refractivity contribution in [3.63, 3.8) is 0 Å². The van der Waals surface area contributed by atoms with E-state index >= 15 is 0 Å². The highest BCUT2D eigenvalue weighted by Crippen LogP contribution is 2.36. The normalized spacial score (nSPS) is 11.3. The molecule has 3 heterocycles. The van der Waals surface area contributed by atoms with Crippen LogP contribution >= 0.6 is 11.3 Å². The van der Waals surface area contributed by atoms with Crippen LogP contribution in [-0.2, 0) is 0 Å². The van der Waals surface area contributed by atoms with Gasteiger partial charge in [0.25, 0.3) is 0 Å². The lowest BCUT2D eigenvalue weighted by molar-refractivity contribution is 1.06. The molecule has 43 heavy (non-hydrogen) atoms. The Balaban J connectivity index is 1.20. The summed E-state index contributed by atoms with van der Waals surface area (Å²) in [6.07, 6.45) is 0. The van der Waals surface area contributed by atoms with Crippen molar-refractivity contribution in [1.29, 1.82) is 0 Å². The molecule has 0 saturated heterocycles. The average molecular weight is 570 g/mol. The highest BCUT2D eigenvalue weighted by atomic mass is 32.1. The van der Waals surface area contributed by atoms with Crippen molar-refractivity contribution in [2.75, 3.05) is 0 Å². The first kappa shape index (κ1) is 25.1. The molecular weight excluding hydrogens is 547 g/mol. The number of nitrogens with zero attached hydrogens (tertiary/aromatic N) is 5. The molecule has 3 aromatic heterocycles. The lowest BCUT2D eigenvalue weighted by Gasteiger charge is -2.09. The summed E-state index contributed by atoms with van der Waals surface area (Å²) >= 11 is 1.73. The minimum Gasteiger partial charge on any atom is -0.244 e. The predicted octanol–water partition coefficient (Wildman–Crippen LogP) is 9.36. The maximum atomic E-state index is 5.03. The predicted molar refractivity (Wildman–Crippen MR) is 175 cm³/mol. The maximum absolute atomic E-state index is 5.03. The summed E-state index contributed by atoms with van der Waals surface area (Å²) < 4.78 is 1.19. The first-order chi connectivity index (χ1) is 21.3. The molecule has 0 aliphatic heterocycles. The molecule has 0 fully saturated rings. The van der Waals surface area contributed by atoms with Crippen LogP contribution < -0.4 is 0 Å². The second-order valence-corrected chi connectivity index (χ2v) is 11.2. The molecule has 5 aromatic carbocycles. The Morgan fingerprint density at radius 2 is 1.00 bits per heavy atom. The first-order valence-electron chi connectivity index (χ1n) is 14.0. The van der Waals surface area contributed by atoms with E-state index in [1.807, 2.05) is 84.9 Å². The number of benzene rings is 5. The van der Waals surface area contributed by atoms with E-state index in [9.17, 15) is 0 Å². The molecule has 6 heteroatoms. The van der Waals surface area contributed by atoms with Gasteiger partial charge in [-0.2, -0.15) is 0 Å². The molecule has 8 rings (SSSR count). The zero-order chi connectivity index (χ0) is 28.6. The molecule has 0 aliphatic carbocycles.